The standard InChI is InChI=1S/C15H9ClN4O/c16-12-4-2-1-3-11(12)13-8-15(21)20(19-13)14-7-10(9-17)5-6-18-14/h1-8,19H. The zero-order valence-electron chi connectivity index (χ0n) is 10.7. The first-order valence-corrected chi connectivity index (χ1v) is 6.50. The van der Waals surface area contributed by atoms with Crippen LogP contribution in [0.15, 0.2) is 53.5 Å². The highest BCUT2D eigenvalue weighted by Gasteiger charge is 2.10. The third-order valence-electron chi connectivity index (χ3n) is 2.99. The molecule has 0 fully saturated rings. The van der Waals surface area contributed by atoms with E-state index in [2.05, 4.69) is 10.1 Å². The Kier molecular flexibility index (Phi) is 3.30. The molecule has 0 aliphatic rings. The fourth-order valence-corrected chi connectivity index (χ4v) is 2.23. The largest absolute Gasteiger partial charge is 0.289 e. The lowest BCUT2D eigenvalue weighted by atomic mass is 10.1. The molecule has 0 atom stereocenters. The molecule has 0 amide bonds. The van der Waals surface area contributed by atoms with Crippen LogP contribution in [0.2, 0.25) is 5.02 Å². The van der Waals surface area contributed by atoms with Gasteiger partial charge in [-0.1, -0.05) is 29.8 Å². The maximum Gasteiger partial charge on any atom is 0.273 e. The molecule has 0 saturated carbocycles. The monoisotopic (exact) mass is 296 g/mol. The van der Waals surface area contributed by atoms with E-state index < -0.39 is 0 Å². The van der Waals surface area contributed by atoms with Gasteiger partial charge in [-0.05, 0) is 12.1 Å². The number of aromatic amines is 1. The number of H-pyrrole nitrogens is 1. The van der Waals surface area contributed by atoms with E-state index in [0.29, 0.717) is 22.1 Å². The molecule has 2 heterocycles. The SMILES string of the molecule is N#Cc1ccnc(-n2[nH]c(-c3ccccc3Cl)cc2=O)c1. The minimum Gasteiger partial charge on any atom is -0.289 e. The van der Waals surface area contributed by atoms with Crippen molar-refractivity contribution < 1.29 is 0 Å². The van der Waals surface area contributed by atoms with Crippen LogP contribution in [0.5, 0.6) is 0 Å². The number of aromatic nitrogens is 3. The zero-order chi connectivity index (χ0) is 14.8. The number of pyridine rings is 1. The average molecular weight is 297 g/mol. The topological polar surface area (TPSA) is 74.5 Å². The molecule has 0 aliphatic carbocycles. The molecular weight excluding hydrogens is 288 g/mol. The number of hydrogen-bond donors (Lipinski definition) is 1. The molecule has 0 radical (unpaired) electrons. The summed E-state index contributed by atoms with van der Waals surface area (Å²) in [6.07, 6.45) is 1.48. The molecule has 2 aromatic heterocycles. The highest BCUT2D eigenvalue weighted by molar-refractivity contribution is 6.33. The summed E-state index contributed by atoms with van der Waals surface area (Å²) < 4.78 is 1.28. The fourth-order valence-electron chi connectivity index (χ4n) is 1.99. The third-order valence-corrected chi connectivity index (χ3v) is 3.32. The summed E-state index contributed by atoms with van der Waals surface area (Å²) in [4.78, 5) is 16.2. The summed E-state index contributed by atoms with van der Waals surface area (Å²) >= 11 is 6.12. The lowest BCUT2D eigenvalue weighted by Gasteiger charge is -2.02. The van der Waals surface area contributed by atoms with Crippen molar-refractivity contribution in [3.8, 4) is 23.1 Å². The van der Waals surface area contributed by atoms with Crippen molar-refractivity contribution in [1.82, 2.24) is 14.8 Å². The van der Waals surface area contributed by atoms with Crippen LogP contribution in [-0.2, 0) is 0 Å². The van der Waals surface area contributed by atoms with Crippen molar-refractivity contribution in [3.63, 3.8) is 0 Å². The van der Waals surface area contributed by atoms with Gasteiger partial charge in [0.1, 0.15) is 0 Å². The van der Waals surface area contributed by atoms with Gasteiger partial charge in [-0.2, -0.15) is 5.26 Å². The minimum absolute atomic E-state index is 0.271. The predicted octanol–water partition coefficient (Wildman–Crippen LogP) is 2.75. The summed E-state index contributed by atoms with van der Waals surface area (Å²) in [6.45, 7) is 0. The van der Waals surface area contributed by atoms with Crippen LogP contribution < -0.4 is 5.56 Å². The van der Waals surface area contributed by atoms with Gasteiger partial charge in [0, 0.05) is 28.9 Å². The van der Waals surface area contributed by atoms with Crippen LogP contribution in [-0.4, -0.2) is 14.8 Å². The van der Waals surface area contributed by atoms with Crippen molar-refractivity contribution in [3.05, 3.63) is 69.6 Å². The van der Waals surface area contributed by atoms with Crippen LogP contribution in [0, 0.1) is 11.3 Å². The van der Waals surface area contributed by atoms with Crippen molar-refractivity contribution >= 4 is 11.6 Å². The first-order valence-electron chi connectivity index (χ1n) is 6.12. The number of benzene rings is 1. The van der Waals surface area contributed by atoms with Crippen LogP contribution in [0.3, 0.4) is 0 Å². The van der Waals surface area contributed by atoms with Crippen LogP contribution in [0.25, 0.3) is 17.1 Å². The number of nitrogens with one attached hydrogen (secondary N) is 1. The first-order chi connectivity index (χ1) is 10.2. The van der Waals surface area contributed by atoms with Crippen molar-refractivity contribution in [2.75, 3.05) is 0 Å². The number of nitriles is 1. The molecule has 0 saturated heterocycles. The summed E-state index contributed by atoms with van der Waals surface area (Å²) in [6, 6.07) is 13.8. The molecule has 102 valence electrons. The molecule has 0 unspecified atom stereocenters. The normalized spacial score (nSPS) is 10.3. The lowest BCUT2D eigenvalue weighted by molar-refractivity contribution is 0.821. The zero-order valence-corrected chi connectivity index (χ0v) is 11.5. The Morgan fingerprint density at radius 1 is 1.24 bits per heavy atom. The second-order valence-electron chi connectivity index (χ2n) is 4.34. The Bertz CT molecular complexity index is 904. The second-order valence-corrected chi connectivity index (χ2v) is 4.75. The molecule has 1 aromatic carbocycles. The number of halogens is 1. The predicted molar refractivity (Wildman–Crippen MR) is 79.3 cm³/mol. The van der Waals surface area contributed by atoms with Crippen LogP contribution in [0.4, 0.5) is 0 Å². The van der Waals surface area contributed by atoms with E-state index in [4.69, 9.17) is 16.9 Å². The third kappa shape index (κ3) is 2.45. The number of nitrogens with zero attached hydrogens (tertiary/aromatic N) is 3. The smallest absolute Gasteiger partial charge is 0.273 e. The summed E-state index contributed by atoms with van der Waals surface area (Å²) in [5.41, 5.74) is 1.48. The Balaban J connectivity index is 2.13. The van der Waals surface area contributed by atoms with Gasteiger partial charge in [0.2, 0.25) is 0 Å². The van der Waals surface area contributed by atoms with Crippen LogP contribution >= 0.6 is 11.6 Å². The van der Waals surface area contributed by atoms with Gasteiger partial charge in [-0.15, -0.1) is 0 Å². The van der Waals surface area contributed by atoms with Crippen molar-refractivity contribution in [2.24, 2.45) is 0 Å². The van der Waals surface area contributed by atoms with E-state index in [1.54, 1.807) is 12.1 Å². The van der Waals surface area contributed by atoms with Crippen LogP contribution in [0.1, 0.15) is 5.56 Å². The maximum absolute atomic E-state index is 12.1. The first kappa shape index (κ1) is 13.2. The summed E-state index contributed by atoms with van der Waals surface area (Å²) in [7, 11) is 0. The van der Waals surface area contributed by atoms with E-state index >= 15 is 0 Å². The molecule has 3 aromatic rings. The van der Waals surface area contributed by atoms with Gasteiger partial charge in [0.05, 0.1) is 17.3 Å². The minimum atomic E-state index is -0.271. The van der Waals surface area contributed by atoms with Gasteiger partial charge in [0.15, 0.2) is 5.82 Å². The molecule has 0 spiro atoms. The molecule has 0 bridgehead atoms. The molecule has 6 heteroatoms. The molecule has 5 nitrogen and oxygen atoms in total. The summed E-state index contributed by atoms with van der Waals surface area (Å²) in [5, 5.41) is 12.4. The van der Waals surface area contributed by atoms with Gasteiger partial charge in [-0.3, -0.25) is 9.89 Å². The average Bonchev–Trinajstić information content (AvgIpc) is 2.89. The van der Waals surface area contributed by atoms with E-state index in [-0.39, 0.29) is 5.56 Å². The van der Waals surface area contributed by atoms with Gasteiger partial charge >= 0.3 is 0 Å². The summed E-state index contributed by atoms with van der Waals surface area (Å²) in [5.74, 6) is 0.359. The maximum atomic E-state index is 12.1. The van der Waals surface area contributed by atoms with E-state index in [0.717, 1.165) is 5.56 Å². The molecule has 3 rings (SSSR count). The van der Waals surface area contributed by atoms with Crippen molar-refractivity contribution in [2.45, 2.75) is 0 Å². The Morgan fingerprint density at radius 3 is 2.81 bits per heavy atom. The highest BCUT2D eigenvalue weighted by Crippen LogP contribution is 2.25. The molecule has 21 heavy (non-hydrogen) atoms. The Morgan fingerprint density at radius 2 is 2.05 bits per heavy atom. The Labute approximate surface area is 125 Å². The van der Waals surface area contributed by atoms with Gasteiger partial charge in [-0.25, -0.2) is 9.67 Å². The lowest BCUT2D eigenvalue weighted by Crippen LogP contribution is -2.14. The molecular formula is C15H9ClN4O. The van der Waals surface area contributed by atoms with Gasteiger partial charge < -0.3 is 0 Å². The van der Waals surface area contributed by atoms with E-state index in [1.807, 2.05) is 24.3 Å². The molecule has 0 aliphatic heterocycles. The second kappa shape index (κ2) is 5.27. The van der Waals surface area contributed by atoms with Crippen molar-refractivity contribution in [1.29, 1.82) is 5.26 Å². The van der Waals surface area contributed by atoms with E-state index in [9.17, 15) is 4.79 Å². The van der Waals surface area contributed by atoms with E-state index in [1.165, 1.54) is 23.0 Å². The highest BCUT2D eigenvalue weighted by atomic mass is 35.5. The Hall–Kier alpha value is -2.84. The van der Waals surface area contributed by atoms with Gasteiger partial charge in [0.25, 0.3) is 5.56 Å². The fraction of sp³-hybridized carbons (Fsp3) is 0. The molecule has 1 N–H and O–H groups in total. The quantitative estimate of drug-likeness (QED) is 0.790. The number of rotatable bonds is 2. The number of hydrogen-bond acceptors (Lipinski definition) is 3.